The first kappa shape index (κ1) is 14.1. The van der Waals surface area contributed by atoms with Crippen molar-refractivity contribution >= 4 is 43.5 Å². The zero-order chi connectivity index (χ0) is 13.8. The average Bonchev–Trinajstić information content (AvgIpc) is 2.38. The summed E-state index contributed by atoms with van der Waals surface area (Å²) < 4.78 is 1.96. The lowest BCUT2D eigenvalue weighted by Crippen LogP contribution is -2.15. The van der Waals surface area contributed by atoms with E-state index in [4.69, 9.17) is 5.73 Å². The Morgan fingerprint density at radius 2 is 1.89 bits per heavy atom. The normalized spacial score (nSPS) is 10.2. The number of benzene rings is 2. The number of rotatable bonds is 4. The first-order valence-electron chi connectivity index (χ1n) is 5.64. The van der Waals surface area contributed by atoms with Gasteiger partial charge in [0, 0.05) is 26.7 Å². The summed E-state index contributed by atoms with van der Waals surface area (Å²) in [4.78, 5) is 11.3. The van der Waals surface area contributed by atoms with Crippen LogP contribution in [0.15, 0.2) is 51.4 Å². The number of halogens is 2. The van der Waals surface area contributed by atoms with Crippen LogP contribution in [0, 0.1) is 0 Å². The van der Waals surface area contributed by atoms with E-state index in [1.807, 2.05) is 30.3 Å². The van der Waals surface area contributed by atoms with Crippen molar-refractivity contribution in [1.29, 1.82) is 0 Å². The second-order valence-electron chi connectivity index (χ2n) is 4.00. The lowest BCUT2D eigenvalue weighted by molar-refractivity contribution is 0.0999. The molecule has 98 valence electrons. The number of carbonyl (C=O) groups is 1. The summed E-state index contributed by atoms with van der Waals surface area (Å²) in [6.07, 6.45) is 0. The topological polar surface area (TPSA) is 55.1 Å². The van der Waals surface area contributed by atoms with Crippen LogP contribution >= 0.6 is 31.9 Å². The van der Waals surface area contributed by atoms with Crippen LogP contribution in [0.4, 0.5) is 5.69 Å². The molecular formula is C14H12Br2N2O. The van der Waals surface area contributed by atoms with Gasteiger partial charge in [-0.15, -0.1) is 0 Å². The third-order valence-corrected chi connectivity index (χ3v) is 3.83. The maximum absolute atomic E-state index is 11.3. The minimum atomic E-state index is -0.410. The van der Waals surface area contributed by atoms with Crippen molar-refractivity contribution < 1.29 is 4.79 Å². The maximum Gasteiger partial charge on any atom is 0.249 e. The molecule has 0 unspecified atom stereocenters. The summed E-state index contributed by atoms with van der Waals surface area (Å²) in [6, 6.07) is 13.2. The van der Waals surface area contributed by atoms with Gasteiger partial charge in [0.05, 0.1) is 0 Å². The Morgan fingerprint density at radius 3 is 2.58 bits per heavy atom. The summed E-state index contributed by atoms with van der Waals surface area (Å²) in [5, 5.41) is 3.28. The molecule has 0 radical (unpaired) electrons. The number of anilines is 1. The molecule has 0 aliphatic rings. The predicted molar refractivity (Wildman–Crippen MR) is 84.1 cm³/mol. The minimum Gasteiger partial charge on any atom is -0.380 e. The molecule has 0 heterocycles. The fraction of sp³-hybridized carbons (Fsp3) is 0.0714. The highest BCUT2D eigenvalue weighted by Crippen LogP contribution is 2.26. The van der Waals surface area contributed by atoms with Gasteiger partial charge in [0.15, 0.2) is 0 Å². The monoisotopic (exact) mass is 382 g/mol. The van der Waals surface area contributed by atoms with Gasteiger partial charge < -0.3 is 11.1 Å². The van der Waals surface area contributed by atoms with Gasteiger partial charge in [-0.05, 0) is 45.8 Å². The van der Waals surface area contributed by atoms with E-state index in [1.165, 1.54) is 0 Å². The van der Waals surface area contributed by atoms with Gasteiger partial charge in [-0.25, -0.2) is 0 Å². The van der Waals surface area contributed by atoms with E-state index in [1.54, 1.807) is 12.1 Å². The molecule has 2 aromatic carbocycles. The van der Waals surface area contributed by atoms with Crippen molar-refractivity contribution in [3.05, 3.63) is 62.5 Å². The fourth-order valence-electron chi connectivity index (χ4n) is 1.74. The highest BCUT2D eigenvalue weighted by atomic mass is 79.9. The number of amides is 1. The van der Waals surface area contributed by atoms with Crippen molar-refractivity contribution in [3.63, 3.8) is 0 Å². The standard InChI is InChI=1S/C14H12Br2N2O/c15-10-5-6-13(12(16)7-10)18-8-9-3-1-2-4-11(9)14(17)19/h1-7,18H,8H2,(H2,17,19). The van der Waals surface area contributed by atoms with Crippen LogP contribution in [-0.4, -0.2) is 5.91 Å². The Balaban J connectivity index is 2.17. The molecule has 0 fully saturated rings. The van der Waals surface area contributed by atoms with Crippen molar-refractivity contribution in [2.75, 3.05) is 5.32 Å². The number of carbonyl (C=O) groups excluding carboxylic acids is 1. The Hall–Kier alpha value is -1.33. The first-order valence-corrected chi connectivity index (χ1v) is 7.23. The van der Waals surface area contributed by atoms with Gasteiger partial charge in [-0.1, -0.05) is 34.1 Å². The van der Waals surface area contributed by atoms with Crippen LogP contribution in [0.25, 0.3) is 0 Å². The Morgan fingerprint density at radius 1 is 1.16 bits per heavy atom. The molecule has 1 amide bonds. The number of nitrogens with two attached hydrogens (primary N) is 1. The molecule has 0 saturated carbocycles. The lowest BCUT2D eigenvalue weighted by atomic mass is 10.1. The van der Waals surface area contributed by atoms with Crippen LogP contribution in [-0.2, 0) is 6.54 Å². The van der Waals surface area contributed by atoms with Gasteiger partial charge in [0.2, 0.25) is 5.91 Å². The fourth-order valence-corrected chi connectivity index (χ4v) is 2.93. The van der Waals surface area contributed by atoms with Crippen LogP contribution in [0.2, 0.25) is 0 Å². The summed E-state index contributed by atoms with van der Waals surface area (Å²) >= 11 is 6.89. The molecule has 2 aromatic rings. The molecular weight excluding hydrogens is 372 g/mol. The third kappa shape index (κ3) is 3.58. The molecule has 0 aliphatic carbocycles. The quantitative estimate of drug-likeness (QED) is 0.840. The van der Waals surface area contributed by atoms with Gasteiger partial charge in [0.25, 0.3) is 0 Å². The second kappa shape index (κ2) is 6.21. The Kier molecular flexibility index (Phi) is 4.61. The second-order valence-corrected chi connectivity index (χ2v) is 5.77. The lowest BCUT2D eigenvalue weighted by Gasteiger charge is -2.11. The molecule has 3 N–H and O–H groups in total. The molecule has 0 aliphatic heterocycles. The molecule has 0 spiro atoms. The van der Waals surface area contributed by atoms with Crippen LogP contribution in [0.3, 0.4) is 0 Å². The largest absolute Gasteiger partial charge is 0.380 e. The van der Waals surface area contributed by atoms with Gasteiger partial charge in [0.1, 0.15) is 0 Å². The van der Waals surface area contributed by atoms with Gasteiger partial charge >= 0.3 is 0 Å². The van der Waals surface area contributed by atoms with E-state index >= 15 is 0 Å². The highest BCUT2D eigenvalue weighted by molar-refractivity contribution is 9.11. The maximum atomic E-state index is 11.3. The average molecular weight is 384 g/mol. The van der Waals surface area contributed by atoms with Crippen molar-refractivity contribution in [1.82, 2.24) is 0 Å². The molecule has 3 nitrogen and oxygen atoms in total. The molecule has 0 aromatic heterocycles. The van der Waals surface area contributed by atoms with E-state index in [0.717, 1.165) is 20.2 Å². The van der Waals surface area contributed by atoms with E-state index < -0.39 is 5.91 Å². The van der Waals surface area contributed by atoms with Crippen molar-refractivity contribution in [3.8, 4) is 0 Å². The molecule has 2 rings (SSSR count). The molecule has 19 heavy (non-hydrogen) atoms. The highest BCUT2D eigenvalue weighted by Gasteiger charge is 2.07. The van der Waals surface area contributed by atoms with Gasteiger partial charge in [-0.2, -0.15) is 0 Å². The smallest absolute Gasteiger partial charge is 0.249 e. The van der Waals surface area contributed by atoms with Crippen LogP contribution < -0.4 is 11.1 Å². The van der Waals surface area contributed by atoms with E-state index in [9.17, 15) is 4.79 Å². The van der Waals surface area contributed by atoms with Crippen molar-refractivity contribution in [2.45, 2.75) is 6.54 Å². The number of hydrogen-bond donors (Lipinski definition) is 2. The molecule has 0 atom stereocenters. The van der Waals surface area contributed by atoms with Crippen molar-refractivity contribution in [2.24, 2.45) is 5.73 Å². The molecule has 0 saturated heterocycles. The summed E-state index contributed by atoms with van der Waals surface area (Å²) in [5.74, 6) is -0.410. The number of primary amides is 1. The first-order chi connectivity index (χ1) is 9.08. The molecule has 0 bridgehead atoms. The van der Waals surface area contributed by atoms with Crippen LogP contribution in [0.5, 0.6) is 0 Å². The van der Waals surface area contributed by atoms with E-state index in [0.29, 0.717) is 12.1 Å². The number of nitrogens with one attached hydrogen (secondary N) is 1. The Bertz CT molecular complexity index is 614. The van der Waals surface area contributed by atoms with Gasteiger partial charge in [-0.3, -0.25) is 4.79 Å². The van der Waals surface area contributed by atoms with E-state index in [-0.39, 0.29) is 0 Å². The number of hydrogen-bond acceptors (Lipinski definition) is 2. The summed E-state index contributed by atoms with van der Waals surface area (Å²) in [7, 11) is 0. The third-order valence-electron chi connectivity index (χ3n) is 2.68. The predicted octanol–water partition coefficient (Wildman–Crippen LogP) is 3.92. The zero-order valence-corrected chi connectivity index (χ0v) is 13.2. The summed E-state index contributed by atoms with van der Waals surface area (Å²) in [6.45, 7) is 0.541. The van der Waals surface area contributed by atoms with Crippen LogP contribution in [0.1, 0.15) is 15.9 Å². The minimum absolute atomic E-state index is 0.410. The zero-order valence-electron chi connectivity index (χ0n) is 9.99. The molecule has 5 heteroatoms. The SMILES string of the molecule is NC(=O)c1ccccc1CNc1ccc(Br)cc1Br. The Labute approximate surface area is 128 Å². The van der Waals surface area contributed by atoms with E-state index in [2.05, 4.69) is 37.2 Å². The summed E-state index contributed by atoms with van der Waals surface area (Å²) in [5.41, 5.74) is 7.74.